The molecule has 8 heterocycles. The Morgan fingerprint density at radius 1 is 0.301 bits per heavy atom. The second-order valence-corrected chi connectivity index (χ2v) is 32.8. The van der Waals surface area contributed by atoms with Gasteiger partial charge in [-0.3, -0.25) is 0 Å². The highest BCUT2D eigenvalue weighted by molar-refractivity contribution is 6.32. The molecule has 0 saturated carbocycles. The van der Waals surface area contributed by atoms with Gasteiger partial charge in [-0.15, -0.1) is 40.8 Å². The van der Waals surface area contributed by atoms with Crippen LogP contribution in [0.2, 0.25) is 25.1 Å². The number of hydrogen-bond acceptors (Lipinski definition) is 32. The highest BCUT2D eigenvalue weighted by atomic mass is 35.5. The number of hydrogen-bond donors (Lipinski definition) is 22. The summed E-state index contributed by atoms with van der Waals surface area (Å²) in [6.07, 6.45) is 2.63. The second-order valence-electron chi connectivity index (χ2n) is 30.6. The van der Waals surface area contributed by atoms with Crippen LogP contribution in [0.1, 0.15) is 86.1 Å². The number of rotatable bonds is 32. The molecule has 16 rings (SSSR count). The Labute approximate surface area is 796 Å². The molecule has 0 unspecified atom stereocenters. The number of nitrogens with two attached hydrogens (primary N) is 3. The molecular formula is C88H115Cl5N40. The summed E-state index contributed by atoms with van der Waals surface area (Å²) in [5, 5.41) is 91.9. The largest absolute Gasteiger partial charge is 0.368 e. The quantitative estimate of drug-likeness (QED) is 0.0186. The van der Waals surface area contributed by atoms with Crippen LogP contribution in [0.3, 0.4) is 0 Å². The molecule has 133 heavy (non-hydrogen) atoms. The third-order valence-corrected chi connectivity index (χ3v) is 18.8. The van der Waals surface area contributed by atoms with Gasteiger partial charge < -0.3 is 85.5 Å². The Balaban J connectivity index is 0.000000171. The summed E-state index contributed by atoms with van der Waals surface area (Å²) in [4.78, 5) is 36.9. The normalized spacial score (nSPS) is 10.4. The first-order chi connectivity index (χ1) is 63.9. The van der Waals surface area contributed by atoms with Crippen molar-refractivity contribution in [1.82, 2.24) is 121 Å². The summed E-state index contributed by atoms with van der Waals surface area (Å²) in [7, 11) is 7.60. The molecule has 8 aromatic carbocycles. The van der Waals surface area contributed by atoms with Crippen molar-refractivity contribution in [2.45, 2.75) is 113 Å². The van der Waals surface area contributed by atoms with Crippen LogP contribution in [0.5, 0.6) is 0 Å². The van der Waals surface area contributed by atoms with E-state index in [-0.39, 0.29) is 0 Å². The maximum absolute atomic E-state index is 6.08. The SMILES string of the molecule is CC(C)Nc1nc(NCCc2ccc(Cl)cc2)n[nH]1.CC(C)Nc1nc(NCc2ccc(Cl)cc2)n[nH]1.CN(C)c1n[nH]c(NCCc2ccccc2Cl)n1.Cc1cccc(Nc2n[nH]c(N)n2)c1.Cc1cccc(Nc2nc(N(C)C)n[nH]2)c1.Cc1cccc(Nc2nc(NC(C)C)n[nH]2)c1.Nc1nc(NCCc2ccc(Cl)cc2)n[nH]1.Nc1nc(NCc2ccc(Cl)cc2)n[nH]1. The number of nitrogens with zero attached hydrogens (tertiary/aromatic N) is 18. The highest BCUT2D eigenvalue weighted by Crippen LogP contribution is 2.22. The van der Waals surface area contributed by atoms with Crippen LogP contribution in [0, 0.1) is 20.8 Å². The molecule has 0 saturated heterocycles. The van der Waals surface area contributed by atoms with Crippen LogP contribution in [-0.4, -0.2) is 187 Å². The fourth-order valence-corrected chi connectivity index (χ4v) is 11.9. The van der Waals surface area contributed by atoms with Crippen LogP contribution in [0.15, 0.2) is 194 Å². The zero-order valence-corrected chi connectivity index (χ0v) is 79.8. The van der Waals surface area contributed by atoms with Gasteiger partial charge in [-0.25, -0.2) is 40.8 Å². The summed E-state index contributed by atoms with van der Waals surface area (Å²) in [5.41, 5.74) is 28.5. The fraction of sp³-hybridized carbons (Fsp3) is 0.273. The van der Waals surface area contributed by atoms with Crippen molar-refractivity contribution in [2.24, 2.45) is 0 Å². The van der Waals surface area contributed by atoms with E-state index in [1.165, 1.54) is 27.8 Å². The third kappa shape index (κ3) is 39.5. The molecule has 0 aliphatic carbocycles. The lowest BCUT2D eigenvalue weighted by Gasteiger charge is -2.05. The van der Waals surface area contributed by atoms with Crippen molar-refractivity contribution in [3.05, 3.63) is 264 Å². The summed E-state index contributed by atoms with van der Waals surface area (Å²) >= 11 is 29.3. The summed E-state index contributed by atoms with van der Waals surface area (Å²) < 4.78 is 0. The fourth-order valence-electron chi connectivity index (χ4n) is 11.2. The number of benzene rings is 8. The molecule has 0 radical (unpaired) electrons. The van der Waals surface area contributed by atoms with E-state index in [0.717, 1.165) is 97.8 Å². The summed E-state index contributed by atoms with van der Waals surface area (Å²) in [6.45, 7) is 22.0. The Morgan fingerprint density at radius 2 is 0.632 bits per heavy atom. The Bertz CT molecular complexity index is 5960. The lowest BCUT2D eigenvalue weighted by atomic mass is 10.1. The standard InChI is InChI=1S/C13H18ClN5.2C12H16ClN5.C12H17N5.C11H15N5.C10H12ClN5.C9H10ClN5.C9H11N5/c1-9(2)16-13-17-12(18-19-13)15-8-7-10-3-5-11(14)6-4-10;1-8(2)15-12-16-11(17-18-12)14-7-9-3-5-10(13)6-4-9;1-18(2)12-15-11(16-17-12)14-8-7-9-5-3-4-6-10(9)13;1-8(2)13-11-15-12(17-16-11)14-10-6-4-5-9(3)7-10;1-8-5-4-6-9(7-8)12-10-13-11(15-14-10)16(2)3;11-8-3-1-7(2-4-8)5-6-13-10-14-9(12)15-16-10;10-7-3-1-6(2-4-7)5-12-9-13-8(11)14-15-9;1-6-3-2-4-7(5-6)11-9-12-8(10)13-14-9/h3-6,9H,7-8H2,1-2H3,(H3,15,16,17,18,19);3-6,8H,7H2,1-2H3,(H3,14,15,16,17,18);3-6H,7-8H2,1-2H3,(H2,14,15,16,17);4-8H,1-3H3,(H3,13,14,15,16,17);4-7H,1-3H3,(H2,12,13,14,15);1-4H,5-6H2,(H4,12,13,14,15,16);1-4H,5H2,(H4,11,12,13,14,15);2-5H,1H3,(H4,10,11,12,13,14). The monoisotopic (exact) mass is 1910 g/mol. The van der Waals surface area contributed by atoms with E-state index >= 15 is 0 Å². The third-order valence-electron chi connectivity index (χ3n) is 17.4. The van der Waals surface area contributed by atoms with Crippen molar-refractivity contribution < 1.29 is 0 Å². The average molecular weight is 1910 g/mol. The Hall–Kier alpha value is -14.9. The molecule has 40 nitrogen and oxygen atoms in total. The molecule has 0 atom stereocenters. The van der Waals surface area contributed by atoms with Crippen LogP contribution < -0.4 is 85.5 Å². The first-order valence-corrected chi connectivity index (χ1v) is 44.0. The van der Waals surface area contributed by atoms with Gasteiger partial charge in [-0.05, 0) is 217 Å². The first kappa shape index (κ1) is 102. The number of aryl methyl sites for hydroxylation is 3. The zero-order chi connectivity index (χ0) is 95.4. The minimum Gasteiger partial charge on any atom is -0.368 e. The smallest absolute Gasteiger partial charge is 0.248 e. The van der Waals surface area contributed by atoms with Crippen LogP contribution >= 0.6 is 58.0 Å². The zero-order valence-electron chi connectivity index (χ0n) is 76.0. The molecule has 45 heteroatoms. The van der Waals surface area contributed by atoms with E-state index < -0.39 is 0 Å². The van der Waals surface area contributed by atoms with Gasteiger partial charge in [-0.1, -0.05) is 161 Å². The van der Waals surface area contributed by atoms with Gasteiger partial charge in [0, 0.05) is 121 Å². The van der Waals surface area contributed by atoms with E-state index in [1.807, 2.05) is 242 Å². The van der Waals surface area contributed by atoms with Crippen LogP contribution in [-0.2, 0) is 32.4 Å². The molecule has 0 aliphatic rings. The molecular weight excluding hydrogens is 1790 g/mol. The van der Waals surface area contributed by atoms with Gasteiger partial charge in [0.1, 0.15) is 0 Å². The minimum atomic E-state index is 0.300. The lowest BCUT2D eigenvalue weighted by Crippen LogP contribution is -2.11. The van der Waals surface area contributed by atoms with Gasteiger partial charge >= 0.3 is 0 Å². The first-order valence-electron chi connectivity index (χ1n) is 42.1. The number of nitrogens with one attached hydrogen (secondary N) is 19. The Morgan fingerprint density at radius 3 is 1.03 bits per heavy atom. The lowest BCUT2D eigenvalue weighted by molar-refractivity contribution is 0.876. The van der Waals surface area contributed by atoms with Gasteiger partial charge in [0.25, 0.3) is 0 Å². The molecule has 0 bridgehead atoms. The predicted octanol–water partition coefficient (Wildman–Crippen LogP) is 17.4. The van der Waals surface area contributed by atoms with Gasteiger partial charge in [0.15, 0.2) is 0 Å². The molecule has 25 N–H and O–H groups in total. The molecule has 0 spiro atoms. The molecule has 8 aromatic heterocycles. The number of aromatic amines is 8. The van der Waals surface area contributed by atoms with Gasteiger partial charge in [-0.2, -0.15) is 39.9 Å². The number of anilines is 19. The van der Waals surface area contributed by atoms with Crippen molar-refractivity contribution in [2.75, 3.05) is 133 Å². The number of nitrogen functional groups attached to an aromatic ring is 3. The predicted molar refractivity (Wildman–Crippen MR) is 541 cm³/mol. The molecule has 0 amide bonds. The van der Waals surface area contributed by atoms with Crippen molar-refractivity contribution in [3.63, 3.8) is 0 Å². The van der Waals surface area contributed by atoms with Crippen molar-refractivity contribution in [3.8, 4) is 0 Å². The number of aromatic nitrogens is 24. The summed E-state index contributed by atoms with van der Waals surface area (Å²) in [6, 6.07) is 63.7. The highest BCUT2D eigenvalue weighted by Gasteiger charge is 2.12. The second kappa shape index (κ2) is 53.9. The summed E-state index contributed by atoms with van der Waals surface area (Å²) in [5.74, 6) is 8.84. The number of halogens is 5. The molecule has 702 valence electrons. The maximum atomic E-state index is 6.08. The molecule has 0 fully saturated rings. The average Bonchev–Trinajstić information content (AvgIpc) is 1.75. The topological polar surface area (TPSA) is 549 Å². The van der Waals surface area contributed by atoms with E-state index in [2.05, 4.69) is 232 Å². The maximum Gasteiger partial charge on any atom is 0.248 e. The van der Waals surface area contributed by atoms with E-state index in [9.17, 15) is 0 Å². The van der Waals surface area contributed by atoms with E-state index in [4.69, 9.17) is 75.2 Å². The molecule has 16 aromatic rings. The van der Waals surface area contributed by atoms with E-state index in [1.54, 1.807) is 0 Å². The van der Waals surface area contributed by atoms with Gasteiger partial charge in [0.05, 0.1) is 0 Å². The van der Waals surface area contributed by atoms with Crippen molar-refractivity contribution >= 4 is 170 Å². The number of H-pyrrole nitrogens is 8. The minimum absolute atomic E-state index is 0.300. The van der Waals surface area contributed by atoms with Crippen LogP contribution in [0.25, 0.3) is 0 Å². The Kier molecular flexibility index (Phi) is 41.3. The molecule has 0 aliphatic heterocycles. The van der Waals surface area contributed by atoms with Crippen molar-refractivity contribution in [1.29, 1.82) is 0 Å². The van der Waals surface area contributed by atoms with Crippen LogP contribution in [0.4, 0.5) is 112 Å². The van der Waals surface area contributed by atoms with Gasteiger partial charge in [0.2, 0.25) is 95.2 Å². The van der Waals surface area contributed by atoms with E-state index in [0.29, 0.717) is 126 Å².